The highest BCUT2D eigenvalue weighted by Gasteiger charge is 2.23. The van der Waals surface area contributed by atoms with E-state index in [2.05, 4.69) is 10.2 Å². The molecule has 0 aliphatic carbocycles. The van der Waals surface area contributed by atoms with Gasteiger partial charge in [0.05, 0.1) is 11.1 Å². The number of nitrogens with zero attached hydrogens (tertiary/aromatic N) is 3. The van der Waals surface area contributed by atoms with Crippen molar-refractivity contribution < 1.29 is 28.9 Å². The number of halogens is 2. The topological polar surface area (TPSA) is 107 Å². The summed E-state index contributed by atoms with van der Waals surface area (Å²) in [5.41, 5.74) is 2.02. The van der Waals surface area contributed by atoms with Gasteiger partial charge in [-0.2, -0.15) is 0 Å². The van der Waals surface area contributed by atoms with Crippen molar-refractivity contribution in [2.24, 2.45) is 10.2 Å². The molecule has 0 bridgehead atoms. The third-order valence-electron chi connectivity index (χ3n) is 6.44. The van der Waals surface area contributed by atoms with E-state index in [9.17, 15) is 24.5 Å². The predicted molar refractivity (Wildman–Crippen MR) is 144 cm³/mol. The smallest absolute Gasteiger partial charge is 0.335 e. The molecule has 3 N–H and O–H groups in total. The van der Waals surface area contributed by atoms with Crippen LogP contribution in [0.15, 0.2) is 89.1 Å². The van der Waals surface area contributed by atoms with Crippen molar-refractivity contribution in [3.63, 3.8) is 0 Å². The zero-order valence-electron chi connectivity index (χ0n) is 20.9. The zero-order valence-corrected chi connectivity index (χ0v) is 20.9. The predicted octanol–water partition coefficient (Wildman–Crippen LogP) is 8.22. The fourth-order valence-corrected chi connectivity index (χ4v) is 4.43. The molecule has 0 aliphatic rings. The number of benzene rings is 4. The van der Waals surface area contributed by atoms with Crippen molar-refractivity contribution in [3.8, 4) is 28.4 Å². The summed E-state index contributed by atoms with van der Waals surface area (Å²) in [6, 6.07) is 19.6. The van der Waals surface area contributed by atoms with Crippen LogP contribution in [0.4, 0.5) is 20.2 Å². The second-order valence-corrected chi connectivity index (χ2v) is 9.30. The Kier molecular flexibility index (Phi) is 6.57. The number of fused-ring (bicyclic) bond motifs is 1. The average Bonchev–Trinajstić information content (AvgIpc) is 3.19. The monoisotopic (exact) mass is 527 g/mol. The Labute approximate surface area is 221 Å². The Morgan fingerprint density at radius 2 is 1.62 bits per heavy atom. The first-order valence-electron chi connectivity index (χ1n) is 12.1. The van der Waals surface area contributed by atoms with Gasteiger partial charge in [-0.15, -0.1) is 10.2 Å². The number of para-hydroxylation sites is 1. The van der Waals surface area contributed by atoms with Crippen LogP contribution in [0.1, 0.15) is 35.7 Å². The molecule has 5 aromatic rings. The van der Waals surface area contributed by atoms with E-state index in [1.54, 1.807) is 36.4 Å². The van der Waals surface area contributed by atoms with Crippen molar-refractivity contribution in [3.05, 3.63) is 102 Å². The summed E-state index contributed by atoms with van der Waals surface area (Å²) in [6.07, 6.45) is 0. The van der Waals surface area contributed by atoms with Crippen LogP contribution in [0.2, 0.25) is 0 Å². The lowest BCUT2D eigenvalue weighted by atomic mass is 10.0. The molecule has 0 atom stereocenters. The van der Waals surface area contributed by atoms with E-state index in [1.807, 2.05) is 26.0 Å². The van der Waals surface area contributed by atoms with Gasteiger partial charge in [-0.25, -0.2) is 13.6 Å². The first kappa shape index (κ1) is 25.6. The molecule has 0 unspecified atom stereocenters. The van der Waals surface area contributed by atoms with Crippen LogP contribution < -0.4 is 0 Å². The maximum absolute atomic E-state index is 15.0. The molecule has 5 rings (SSSR count). The molecule has 0 spiro atoms. The fraction of sp³-hybridized carbons (Fsp3) is 0.100. The number of phenols is 1. The summed E-state index contributed by atoms with van der Waals surface area (Å²) >= 11 is 0. The van der Waals surface area contributed by atoms with Gasteiger partial charge >= 0.3 is 5.97 Å². The molecular formula is C30H23F2N3O4. The Morgan fingerprint density at radius 3 is 2.31 bits per heavy atom. The van der Waals surface area contributed by atoms with E-state index in [0.29, 0.717) is 16.8 Å². The second kappa shape index (κ2) is 10.0. The van der Waals surface area contributed by atoms with Gasteiger partial charge in [0.15, 0.2) is 17.3 Å². The number of phenolic OH excluding ortho intramolecular Hbond substituents is 1. The van der Waals surface area contributed by atoms with E-state index in [4.69, 9.17) is 0 Å². The van der Waals surface area contributed by atoms with Gasteiger partial charge in [0.1, 0.15) is 11.5 Å². The molecule has 196 valence electrons. The highest BCUT2D eigenvalue weighted by Crippen LogP contribution is 2.44. The average molecular weight is 528 g/mol. The van der Waals surface area contributed by atoms with Gasteiger partial charge in [-0.1, -0.05) is 50.2 Å². The standard InChI is InChI=1S/C30H23F2N3O4/c1-16(2)17-9-11-21(12-10-17)35-27-23(14-20(31)15-24(27)32)26(29(35)37)34-33-25-8-4-7-22(28(25)36)18-5-3-6-19(13-18)30(38)39/h3-16,36-37H,1-2H3,(H,38,39). The first-order valence-corrected chi connectivity index (χ1v) is 12.1. The molecule has 0 radical (unpaired) electrons. The number of aromatic carboxylic acids is 1. The molecule has 4 aromatic carbocycles. The molecule has 0 amide bonds. The summed E-state index contributed by atoms with van der Waals surface area (Å²) in [7, 11) is 0. The molecule has 0 saturated carbocycles. The van der Waals surface area contributed by atoms with E-state index in [-0.39, 0.29) is 39.5 Å². The summed E-state index contributed by atoms with van der Waals surface area (Å²) in [5, 5.41) is 39.5. The number of rotatable bonds is 6. The van der Waals surface area contributed by atoms with Crippen molar-refractivity contribution in [2.45, 2.75) is 19.8 Å². The fourth-order valence-electron chi connectivity index (χ4n) is 4.43. The maximum atomic E-state index is 15.0. The molecule has 0 saturated heterocycles. The minimum Gasteiger partial charge on any atom is -0.505 e. The van der Waals surface area contributed by atoms with Gasteiger partial charge in [-0.05, 0) is 53.4 Å². The first-order chi connectivity index (χ1) is 18.7. The van der Waals surface area contributed by atoms with Gasteiger partial charge in [0.25, 0.3) is 0 Å². The summed E-state index contributed by atoms with van der Waals surface area (Å²) < 4.78 is 30.5. The number of hydrogen-bond acceptors (Lipinski definition) is 5. The summed E-state index contributed by atoms with van der Waals surface area (Å²) in [6.45, 7) is 4.07. The van der Waals surface area contributed by atoms with Gasteiger partial charge < -0.3 is 15.3 Å². The number of hydrogen-bond donors (Lipinski definition) is 3. The summed E-state index contributed by atoms with van der Waals surface area (Å²) in [5.74, 6) is -3.34. The highest BCUT2D eigenvalue weighted by atomic mass is 19.1. The number of carboxylic acids is 1. The number of aromatic hydroxyl groups is 2. The molecule has 1 aromatic heterocycles. The number of carboxylic acid groups (broad SMARTS) is 1. The van der Waals surface area contributed by atoms with Gasteiger partial charge in [-0.3, -0.25) is 4.57 Å². The van der Waals surface area contributed by atoms with E-state index in [0.717, 1.165) is 17.7 Å². The lowest BCUT2D eigenvalue weighted by Crippen LogP contribution is -1.97. The number of carbonyl (C=O) groups is 1. The third kappa shape index (κ3) is 4.70. The SMILES string of the molecule is CC(C)c1ccc(-n2c(O)c(N=Nc3cccc(-c4cccc(C(=O)O)c4)c3O)c3cc(F)cc(F)c32)cc1. The minimum absolute atomic E-state index is 0.00619. The van der Waals surface area contributed by atoms with E-state index < -0.39 is 23.5 Å². The van der Waals surface area contributed by atoms with E-state index in [1.165, 1.54) is 22.8 Å². The molecular weight excluding hydrogens is 504 g/mol. The molecule has 0 aliphatic heterocycles. The maximum Gasteiger partial charge on any atom is 0.335 e. The molecule has 0 fully saturated rings. The van der Waals surface area contributed by atoms with Crippen LogP contribution in [-0.4, -0.2) is 25.9 Å². The van der Waals surface area contributed by atoms with Crippen LogP contribution in [-0.2, 0) is 0 Å². The lowest BCUT2D eigenvalue weighted by molar-refractivity contribution is 0.0697. The van der Waals surface area contributed by atoms with Gasteiger partial charge in [0.2, 0.25) is 5.88 Å². The number of azo groups is 1. The molecule has 7 nitrogen and oxygen atoms in total. The largest absolute Gasteiger partial charge is 0.505 e. The zero-order chi connectivity index (χ0) is 27.8. The van der Waals surface area contributed by atoms with Crippen LogP contribution in [0.5, 0.6) is 11.6 Å². The molecule has 9 heteroatoms. The van der Waals surface area contributed by atoms with Crippen molar-refractivity contribution in [2.75, 3.05) is 0 Å². The minimum atomic E-state index is -1.11. The Morgan fingerprint density at radius 1 is 0.897 bits per heavy atom. The van der Waals surface area contributed by atoms with Crippen LogP contribution in [0.25, 0.3) is 27.7 Å². The normalized spacial score (nSPS) is 11.6. The molecule has 39 heavy (non-hydrogen) atoms. The van der Waals surface area contributed by atoms with Crippen molar-refractivity contribution in [1.82, 2.24) is 4.57 Å². The highest BCUT2D eigenvalue weighted by molar-refractivity contribution is 5.97. The Bertz CT molecular complexity index is 1760. The van der Waals surface area contributed by atoms with E-state index >= 15 is 4.39 Å². The van der Waals surface area contributed by atoms with Gasteiger partial charge in [0, 0.05) is 22.7 Å². The van der Waals surface area contributed by atoms with Crippen LogP contribution in [0, 0.1) is 11.6 Å². The van der Waals surface area contributed by atoms with Crippen molar-refractivity contribution in [1.29, 1.82) is 0 Å². The Hall–Kier alpha value is -5.05. The Balaban J connectivity index is 1.63. The van der Waals surface area contributed by atoms with Crippen molar-refractivity contribution >= 4 is 28.2 Å². The quantitative estimate of drug-likeness (QED) is 0.193. The molecule has 1 heterocycles. The second-order valence-electron chi connectivity index (χ2n) is 9.30. The lowest BCUT2D eigenvalue weighted by Gasteiger charge is -2.10. The van der Waals surface area contributed by atoms with Crippen LogP contribution in [0.3, 0.4) is 0 Å². The third-order valence-corrected chi connectivity index (χ3v) is 6.44. The number of aromatic nitrogens is 1. The van der Waals surface area contributed by atoms with Crippen LogP contribution >= 0.6 is 0 Å². The summed E-state index contributed by atoms with van der Waals surface area (Å²) in [4.78, 5) is 11.4.